The van der Waals surface area contributed by atoms with Crippen molar-refractivity contribution in [1.82, 2.24) is 5.43 Å². The van der Waals surface area contributed by atoms with E-state index in [1.165, 1.54) is 0 Å². The van der Waals surface area contributed by atoms with E-state index in [9.17, 15) is 9.90 Å². The van der Waals surface area contributed by atoms with Crippen molar-refractivity contribution in [3.63, 3.8) is 0 Å². The molecule has 0 saturated carbocycles. The number of hydrogen-bond acceptors (Lipinski definition) is 4. The number of carboxylic acids is 1. The van der Waals surface area contributed by atoms with Crippen molar-refractivity contribution in [1.29, 1.82) is 0 Å². The van der Waals surface area contributed by atoms with Crippen molar-refractivity contribution in [3.8, 4) is 5.75 Å². The summed E-state index contributed by atoms with van der Waals surface area (Å²) in [5.41, 5.74) is 4.30. The molecule has 1 aromatic rings. The molecule has 5 heteroatoms. The fraction of sp³-hybridized carbons (Fsp3) is 0.333. The molecule has 0 amide bonds. The molecule has 1 aliphatic rings. The van der Waals surface area contributed by atoms with Gasteiger partial charge in [-0.05, 0) is 24.6 Å². The Balaban J connectivity index is 2.31. The first-order valence-electron chi connectivity index (χ1n) is 5.30. The maximum atomic E-state index is 11.2. The van der Waals surface area contributed by atoms with Crippen molar-refractivity contribution >= 4 is 11.7 Å². The van der Waals surface area contributed by atoms with E-state index in [1.807, 2.05) is 24.3 Å². The fourth-order valence-corrected chi connectivity index (χ4v) is 1.98. The van der Waals surface area contributed by atoms with Crippen molar-refractivity contribution in [2.45, 2.75) is 13.0 Å². The molecule has 1 heterocycles. The summed E-state index contributed by atoms with van der Waals surface area (Å²) in [7, 11) is 1.58. The summed E-state index contributed by atoms with van der Waals surface area (Å²) < 4.78 is 5.12. The van der Waals surface area contributed by atoms with E-state index in [0.717, 1.165) is 5.56 Å². The van der Waals surface area contributed by atoms with Crippen LogP contribution in [0.25, 0.3) is 0 Å². The normalized spacial score (nSPS) is 22.8. The van der Waals surface area contributed by atoms with Gasteiger partial charge in [-0.25, -0.2) is 0 Å². The van der Waals surface area contributed by atoms with E-state index in [4.69, 9.17) is 4.74 Å². The van der Waals surface area contributed by atoms with Crippen LogP contribution in [0.15, 0.2) is 29.4 Å². The minimum atomic E-state index is -0.871. The summed E-state index contributed by atoms with van der Waals surface area (Å²) >= 11 is 0. The molecule has 2 N–H and O–H groups in total. The Morgan fingerprint density at radius 1 is 1.53 bits per heavy atom. The molecule has 0 aromatic heterocycles. The number of methoxy groups -OCH3 is 1. The molecule has 0 fully saturated rings. The number of benzene rings is 1. The second-order valence-corrected chi connectivity index (χ2v) is 3.95. The van der Waals surface area contributed by atoms with Crippen molar-refractivity contribution in [2.75, 3.05) is 7.11 Å². The standard InChI is InChI=1S/C12H14N2O3/c1-7-10(12(15)16)11(14-13-7)8-4-3-5-9(6-8)17-2/h3-6,10-11,14H,1-2H3,(H,15,16). The minimum absolute atomic E-state index is 0.331. The molecule has 17 heavy (non-hydrogen) atoms. The van der Waals surface area contributed by atoms with Gasteiger partial charge < -0.3 is 15.3 Å². The highest BCUT2D eigenvalue weighted by molar-refractivity contribution is 6.02. The Morgan fingerprint density at radius 3 is 2.94 bits per heavy atom. The van der Waals surface area contributed by atoms with Crippen LogP contribution in [-0.4, -0.2) is 23.9 Å². The minimum Gasteiger partial charge on any atom is -0.497 e. The van der Waals surface area contributed by atoms with Crippen LogP contribution in [0.4, 0.5) is 0 Å². The van der Waals surface area contributed by atoms with E-state index in [-0.39, 0.29) is 6.04 Å². The van der Waals surface area contributed by atoms with Crippen LogP contribution in [-0.2, 0) is 4.79 Å². The zero-order valence-electron chi connectivity index (χ0n) is 9.68. The lowest BCUT2D eigenvalue weighted by Crippen LogP contribution is -2.27. The van der Waals surface area contributed by atoms with Crippen LogP contribution < -0.4 is 10.2 Å². The van der Waals surface area contributed by atoms with Crippen LogP contribution in [0, 0.1) is 5.92 Å². The van der Waals surface area contributed by atoms with Gasteiger partial charge in [0.1, 0.15) is 11.7 Å². The van der Waals surface area contributed by atoms with Crippen molar-refractivity contribution < 1.29 is 14.6 Å². The number of aliphatic carboxylic acids is 1. The lowest BCUT2D eigenvalue weighted by molar-refractivity contribution is -0.139. The van der Waals surface area contributed by atoms with Gasteiger partial charge in [0.05, 0.1) is 18.9 Å². The Labute approximate surface area is 99.1 Å². The van der Waals surface area contributed by atoms with E-state index in [0.29, 0.717) is 11.5 Å². The summed E-state index contributed by atoms with van der Waals surface area (Å²) in [5.74, 6) is -0.788. The van der Waals surface area contributed by atoms with E-state index < -0.39 is 11.9 Å². The van der Waals surface area contributed by atoms with E-state index in [2.05, 4.69) is 10.5 Å². The van der Waals surface area contributed by atoms with Gasteiger partial charge in [-0.1, -0.05) is 12.1 Å². The average molecular weight is 234 g/mol. The van der Waals surface area contributed by atoms with Gasteiger partial charge in [0.2, 0.25) is 0 Å². The maximum Gasteiger partial charge on any atom is 0.314 e. The van der Waals surface area contributed by atoms with Gasteiger partial charge in [0.25, 0.3) is 0 Å². The third-order valence-corrected chi connectivity index (χ3v) is 2.88. The predicted octanol–water partition coefficient (Wildman–Crippen LogP) is 1.42. The number of hydrogen-bond donors (Lipinski definition) is 2. The predicted molar refractivity (Wildman–Crippen MR) is 63.1 cm³/mol. The van der Waals surface area contributed by atoms with Gasteiger partial charge in [0, 0.05) is 0 Å². The third-order valence-electron chi connectivity index (χ3n) is 2.88. The first kappa shape index (κ1) is 11.4. The molecule has 0 aliphatic carbocycles. The maximum absolute atomic E-state index is 11.2. The molecule has 2 rings (SSSR count). The number of rotatable bonds is 3. The Morgan fingerprint density at radius 2 is 2.29 bits per heavy atom. The molecule has 1 aromatic carbocycles. The van der Waals surface area contributed by atoms with Gasteiger partial charge in [-0.15, -0.1) is 0 Å². The molecule has 2 unspecified atom stereocenters. The van der Waals surface area contributed by atoms with Crippen LogP contribution >= 0.6 is 0 Å². The molecule has 5 nitrogen and oxygen atoms in total. The quantitative estimate of drug-likeness (QED) is 0.829. The first-order chi connectivity index (χ1) is 8.13. The molecule has 0 radical (unpaired) electrons. The zero-order valence-corrected chi connectivity index (χ0v) is 9.68. The molecule has 2 atom stereocenters. The lowest BCUT2D eigenvalue weighted by Gasteiger charge is -2.17. The van der Waals surface area contributed by atoms with Crippen LogP contribution in [0.5, 0.6) is 5.75 Å². The smallest absolute Gasteiger partial charge is 0.314 e. The second-order valence-electron chi connectivity index (χ2n) is 3.95. The Hall–Kier alpha value is -2.04. The largest absolute Gasteiger partial charge is 0.497 e. The number of ether oxygens (including phenoxy) is 1. The number of carboxylic acid groups (broad SMARTS) is 1. The SMILES string of the molecule is COc1cccc(C2NN=C(C)C2C(=O)O)c1. The molecule has 0 saturated heterocycles. The molecular weight excluding hydrogens is 220 g/mol. The first-order valence-corrected chi connectivity index (χ1v) is 5.30. The summed E-state index contributed by atoms with van der Waals surface area (Å²) in [4.78, 5) is 11.2. The van der Waals surface area contributed by atoms with E-state index in [1.54, 1.807) is 14.0 Å². The van der Waals surface area contributed by atoms with E-state index >= 15 is 0 Å². The molecule has 90 valence electrons. The topological polar surface area (TPSA) is 70.9 Å². The summed E-state index contributed by atoms with van der Waals surface area (Å²) in [6.45, 7) is 1.71. The highest BCUT2D eigenvalue weighted by Crippen LogP contribution is 2.29. The summed E-state index contributed by atoms with van der Waals surface area (Å²) in [6, 6.07) is 7.01. The number of carbonyl (C=O) groups is 1. The molecule has 0 spiro atoms. The summed E-state index contributed by atoms with van der Waals surface area (Å²) in [6.07, 6.45) is 0. The average Bonchev–Trinajstić information content (AvgIpc) is 2.71. The molecular formula is C12H14N2O3. The van der Waals surface area contributed by atoms with Crippen molar-refractivity contribution in [3.05, 3.63) is 29.8 Å². The second kappa shape index (κ2) is 4.45. The van der Waals surface area contributed by atoms with Crippen molar-refractivity contribution in [2.24, 2.45) is 11.0 Å². The lowest BCUT2D eigenvalue weighted by atomic mass is 9.91. The summed E-state index contributed by atoms with van der Waals surface area (Å²) in [5, 5.41) is 13.2. The molecule has 1 aliphatic heterocycles. The monoisotopic (exact) mass is 234 g/mol. The van der Waals surface area contributed by atoms with Crippen LogP contribution in [0.3, 0.4) is 0 Å². The van der Waals surface area contributed by atoms with Gasteiger partial charge in [-0.3, -0.25) is 4.79 Å². The number of nitrogens with one attached hydrogen (secondary N) is 1. The highest BCUT2D eigenvalue weighted by Gasteiger charge is 2.36. The zero-order chi connectivity index (χ0) is 12.4. The van der Waals surface area contributed by atoms with Gasteiger partial charge >= 0.3 is 5.97 Å². The highest BCUT2D eigenvalue weighted by atomic mass is 16.5. The number of hydrazone groups is 1. The van der Waals surface area contributed by atoms with Crippen LogP contribution in [0.1, 0.15) is 18.5 Å². The van der Waals surface area contributed by atoms with Crippen LogP contribution in [0.2, 0.25) is 0 Å². The van der Waals surface area contributed by atoms with Gasteiger partial charge in [0.15, 0.2) is 0 Å². The number of nitrogens with zero attached hydrogens (tertiary/aromatic N) is 1. The Bertz CT molecular complexity index is 471. The fourth-order valence-electron chi connectivity index (χ4n) is 1.98. The Kier molecular flexibility index (Phi) is 2.99. The van der Waals surface area contributed by atoms with Gasteiger partial charge in [-0.2, -0.15) is 5.10 Å². The molecule has 0 bridgehead atoms. The third kappa shape index (κ3) is 2.08.